The molecule has 15 heteroatoms. The average Bonchev–Trinajstić information content (AvgIpc) is 3.39. The van der Waals surface area contributed by atoms with Gasteiger partial charge in [0.05, 0.1) is 19.8 Å². The fourth-order valence-corrected chi connectivity index (χ4v) is 8.30. The second kappa shape index (κ2) is 44.8. The Hall–Kier alpha value is -3.32. The van der Waals surface area contributed by atoms with Crippen molar-refractivity contribution in [1.29, 1.82) is 0 Å². The van der Waals surface area contributed by atoms with Gasteiger partial charge in [0.2, 0.25) is 0 Å². The third-order valence-corrected chi connectivity index (χ3v) is 12.9. The third-order valence-electron chi connectivity index (χ3n) is 12.9. The van der Waals surface area contributed by atoms with E-state index in [0.29, 0.717) is 19.3 Å². The topological polar surface area (TPSA) is 231 Å². The van der Waals surface area contributed by atoms with Gasteiger partial charge in [0.1, 0.15) is 55.4 Å². The molecule has 11 atom stereocenters. The number of hydrogen-bond donors (Lipinski definition) is 7. The molecule has 15 nitrogen and oxygen atoms in total. The number of aliphatic hydroxyl groups is 7. The van der Waals surface area contributed by atoms with Crippen LogP contribution in [0.3, 0.4) is 0 Å². The van der Waals surface area contributed by atoms with Crippen LogP contribution in [0.15, 0.2) is 85.1 Å². The number of ether oxygens (including phenoxy) is 6. The highest BCUT2D eigenvalue weighted by atomic mass is 16.7. The number of hydrogen-bond acceptors (Lipinski definition) is 15. The molecule has 0 bridgehead atoms. The molecule has 0 spiro atoms. The van der Waals surface area contributed by atoms with E-state index in [-0.39, 0.29) is 19.4 Å². The molecule has 0 saturated carbocycles. The quantitative estimate of drug-likeness (QED) is 0.0172. The summed E-state index contributed by atoms with van der Waals surface area (Å²) < 4.78 is 33.6. The monoisotopic (exact) mass is 1050 g/mol. The summed E-state index contributed by atoms with van der Waals surface area (Å²) in [7, 11) is 0. The molecular weight excluding hydrogens is 949 g/mol. The lowest BCUT2D eigenvalue weighted by Crippen LogP contribution is -2.61. The summed E-state index contributed by atoms with van der Waals surface area (Å²) in [5.74, 6) is -1.03. The maximum Gasteiger partial charge on any atom is 0.306 e. The van der Waals surface area contributed by atoms with E-state index in [0.717, 1.165) is 57.8 Å². The van der Waals surface area contributed by atoms with Gasteiger partial charge in [-0.1, -0.05) is 176 Å². The first kappa shape index (κ1) is 66.8. The molecule has 11 unspecified atom stereocenters. The van der Waals surface area contributed by atoms with Crippen molar-refractivity contribution in [3.8, 4) is 0 Å². The molecule has 2 rings (SSSR count). The zero-order valence-electron chi connectivity index (χ0n) is 45.0. The lowest BCUT2D eigenvalue weighted by Gasteiger charge is -2.42. The van der Waals surface area contributed by atoms with Crippen LogP contribution >= 0.6 is 0 Å². The van der Waals surface area contributed by atoms with Gasteiger partial charge in [-0.3, -0.25) is 9.59 Å². The maximum absolute atomic E-state index is 13.0. The second-order valence-electron chi connectivity index (χ2n) is 19.4. The van der Waals surface area contributed by atoms with E-state index >= 15 is 0 Å². The van der Waals surface area contributed by atoms with E-state index in [9.17, 15) is 45.3 Å². The van der Waals surface area contributed by atoms with Gasteiger partial charge in [-0.25, -0.2) is 0 Å². The summed E-state index contributed by atoms with van der Waals surface area (Å²) in [5, 5.41) is 72.2. The van der Waals surface area contributed by atoms with Gasteiger partial charge in [0.15, 0.2) is 18.7 Å². The Bertz CT molecular complexity index is 1610. The number of aliphatic hydroxyl groups excluding tert-OH is 7. The van der Waals surface area contributed by atoms with Crippen molar-refractivity contribution in [1.82, 2.24) is 0 Å². The predicted octanol–water partition coefficient (Wildman–Crippen LogP) is 9.16. The van der Waals surface area contributed by atoms with Crippen LogP contribution in [0.2, 0.25) is 0 Å². The van der Waals surface area contributed by atoms with Gasteiger partial charge >= 0.3 is 11.9 Å². The van der Waals surface area contributed by atoms with Crippen molar-refractivity contribution in [2.24, 2.45) is 0 Å². The SMILES string of the molecule is CC/C=C\C/C=C\C/C=C\C/C=C\C/C=C\C/C=C\CCC(=O)OC(COC(=O)CCCCCCCCCCC/C=C\CCCCCCCC)COC1OC(COC2OC(CO)C(O)C(O)C2O)C(O)C(O)C1O. The molecule has 0 aromatic carbocycles. The Kier molecular flexibility index (Phi) is 40.4. The maximum atomic E-state index is 13.0. The molecule has 7 N–H and O–H groups in total. The second-order valence-corrected chi connectivity index (χ2v) is 19.4. The molecule has 2 aliphatic rings. The zero-order valence-corrected chi connectivity index (χ0v) is 45.0. The molecule has 0 aromatic heterocycles. The van der Waals surface area contributed by atoms with Crippen LogP contribution in [-0.2, 0) is 38.0 Å². The Labute approximate surface area is 444 Å². The molecule has 2 fully saturated rings. The van der Waals surface area contributed by atoms with Gasteiger partial charge in [-0.05, 0) is 77.0 Å². The van der Waals surface area contributed by atoms with Crippen molar-refractivity contribution in [3.05, 3.63) is 85.1 Å². The smallest absolute Gasteiger partial charge is 0.306 e. The van der Waals surface area contributed by atoms with Crippen LogP contribution in [-0.4, -0.2) is 142 Å². The molecule has 0 amide bonds. The highest BCUT2D eigenvalue weighted by Crippen LogP contribution is 2.26. The third kappa shape index (κ3) is 31.7. The number of esters is 2. The van der Waals surface area contributed by atoms with Crippen LogP contribution in [0, 0.1) is 0 Å². The van der Waals surface area contributed by atoms with Gasteiger partial charge in [0.25, 0.3) is 0 Å². The van der Waals surface area contributed by atoms with Gasteiger partial charge in [-0.2, -0.15) is 0 Å². The van der Waals surface area contributed by atoms with Crippen LogP contribution in [0.5, 0.6) is 0 Å². The number of carbonyl (C=O) groups excluding carboxylic acids is 2. The van der Waals surface area contributed by atoms with Crippen LogP contribution in [0.4, 0.5) is 0 Å². The standard InChI is InChI=1S/C59H98O15/c1-3-5-7-9-11-13-15-17-19-21-23-25-27-29-31-33-35-37-39-41-50(61)69-44-47(72-51(62)42-40-38-36-34-32-30-28-26-24-22-20-18-16-14-12-10-8-6-4-2)45-70-58-57(68)55(66)53(64)49(74-58)46-71-59-56(67)54(65)52(63)48(43-60)73-59/h6,8,12,14,17-20,24,26,30,32,36,38,47-49,52-60,63-68H,3-5,7,9-11,13,15-16,21-23,25,27-29,31,33-35,37,39-46H2,1-2H3/b8-6-,14-12-,19-17-,20-18-,26-24-,32-30-,38-36-. The zero-order chi connectivity index (χ0) is 53.9. The van der Waals surface area contributed by atoms with Crippen molar-refractivity contribution in [2.45, 2.75) is 248 Å². The lowest BCUT2D eigenvalue weighted by atomic mass is 9.98. The Balaban J connectivity index is 1.81. The summed E-state index contributed by atoms with van der Waals surface area (Å²) >= 11 is 0. The lowest BCUT2D eigenvalue weighted by molar-refractivity contribution is -0.332. The summed E-state index contributed by atoms with van der Waals surface area (Å²) in [5.41, 5.74) is 0. The van der Waals surface area contributed by atoms with Gasteiger partial charge < -0.3 is 64.2 Å². The van der Waals surface area contributed by atoms with Crippen molar-refractivity contribution in [2.75, 3.05) is 26.4 Å². The minimum Gasteiger partial charge on any atom is -0.462 e. The molecule has 0 aromatic rings. The van der Waals surface area contributed by atoms with Crippen LogP contribution in [0.1, 0.15) is 181 Å². The molecule has 74 heavy (non-hydrogen) atoms. The van der Waals surface area contributed by atoms with Crippen molar-refractivity contribution >= 4 is 11.9 Å². The summed E-state index contributed by atoms with van der Waals surface area (Å²) in [4.78, 5) is 25.8. The molecular formula is C59H98O15. The predicted molar refractivity (Wildman–Crippen MR) is 289 cm³/mol. The van der Waals surface area contributed by atoms with E-state index in [2.05, 4.69) is 86.8 Å². The number of allylic oxidation sites excluding steroid dienone is 14. The fraction of sp³-hybridized carbons (Fsp3) is 0.729. The first-order valence-corrected chi connectivity index (χ1v) is 28.2. The number of rotatable bonds is 43. The van der Waals surface area contributed by atoms with E-state index in [4.69, 9.17) is 28.4 Å². The van der Waals surface area contributed by atoms with Crippen molar-refractivity contribution in [3.63, 3.8) is 0 Å². The molecule has 2 heterocycles. The van der Waals surface area contributed by atoms with E-state index < -0.39 is 99.3 Å². The van der Waals surface area contributed by atoms with Gasteiger partial charge in [-0.15, -0.1) is 0 Å². The van der Waals surface area contributed by atoms with Crippen LogP contribution in [0.25, 0.3) is 0 Å². The van der Waals surface area contributed by atoms with Gasteiger partial charge in [0, 0.05) is 12.8 Å². The fourth-order valence-electron chi connectivity index (χ4n) is 8.30. The molecule has 2 aliphatic heterocycles. The average molecular weight is 1050 g/mol. The highest BCUT2D eigenvalue weighted by molar-refractivity contribution is 5.70. The highest BCUT2D eigenvalue weighted by Gasteiger charge is 2.47. The van der Waals surface area contributed by atoms with Crippen LogP contribution < -0.4 is 0 Å². The number of unbranched alkanes of at least 4 members (excludes halogenated alkanes) is 15. The van der Waals surface area contributed by atoms with E-state index in [1.807, 2.05) is 12.2 Å². The summed E-state index contributed by atoms with van der Waals surface area (Å²) in [6.07, 6.45) is 39.0. The Morgan fingerprint density at radius 3 is 1.39 bits per heavy atom. The molecule has 0 radical (unpaired) electrons. The minimum absolute atomic E-state index is 0.0359. The summed E-state index contributed by atoms with van der Waals surface area (Å²) in [6, 6.07) is 0. The Morgan fingerprint density at radius 1 is 0.446 bits per heavy atom. The van der Waals surface area contributed by atoms with Crippen molar-refractivity contribution < 1.29 is 73.8 Å². The summed E-state index contributed by atoms with van der Waals surface area (Å²) in [6.45, 7) is 2.40. The molecule has 2 saturated heterocycles. The minimum atomic E-state index is -1.78. The van der Waals surface area contributed by atoms with E-state index in [1.165, 1.54) is 77.0 Å². The van der Waals surface area contributed by atoms with E-state index in [1.54, 1.807) is 0 Å². The first-order chi connectivity index (χ1) is 36.0. The molecule has 0 aliphatic carbocycles. The molecule has 424 valence electrons. The largest absolute Gasteiger partial charge is 0.462 e. The number of carbonyl (C=O) groups is 2. The normalized spacial score (nSPS) is 25.3. The Morgan fingerprint density at radius 2 is 0.878 bits per heavy atom. The first-order valence-electron chi connectivity index (χ1n) is 28.2.